The maximum atomic E-state index is 5.85. The van der Waals surface area contributed by atoms with Crippen molar-refractivity contribution in [3.63, 3.8) is 0 Å². The Bertz CT molecular complexity index is 286. The zero-order valence-electron chi connectivity index (χ0n) is 9.50. The van der Waals surface area contributed by atoms with Crippen LogP contribution in [-0.4, -0.2) is 11.9 Å². The lowest BCUT2D eigenvalue weighted by Gasteiger charge is -2.17. The first-order chi connectivity index (χ1) is 7.29. The Kier molecular flexibility index (Phi) is 5.96. The zero-order valence-corrected chi connectivity index (χ0v) is 11.1. The molecule has 1 atom stereocenters. The molecule has 1 aromatic carbocycles. The van der Waals surface area contributed by atoms with E-state index in [9.17, 15) is 0 Å². The van der Waals surface area contributed by atoms with Crippen LogP contribution in [0.5, 0.6) is 0 Å². The van der Waals surface area contributed by atoms with E-state index in [-0.39, 0.29) is 6.10 Å². The van der Waals surface area contributed by atoms with Crippen molar-refractivity contribution in [3.05, 3.63) is 35.4 Å². The molecule has 0 saturated carbocycles. The minimum atomic E-state index is 0.192. The molecule has 0 spiro atoms. The van der Waals surface area contributed by atoms with Crippen molar-refractivity contribution >= 4 is 15.9 Å². The molecule has 15 heavy (non-hydrogen) atoms. The molecule has 2 heteroatoms. The van der Waals surface area contributed by atoms with Crippen LogP contribution in [0.3, 0.4) is 0 Å². The molecular formula is C13H19BrO. The third-order valence-electron chi connectivity index (χ3n) is 2.49. The van der Waals surface area contributed by atoms with E-state index in [1.54, 1.807) is 0 Å². The Morgan fingerprint density at radius 1 is 1.33 bits per heavy atom. The lowest BCUT2D eigenvalue weighted by molar-refractivity contribution is 0.0673. The van der Waals surface area contributed by atoms with Gasteiger partial charge in [0, 0.05) is 11.9 Å². The van der Waals surface area contributed by atoms with Gasteiger partial charge in [-0.05, 0) is 24.5 Å². The van der Waals surface area contributed by atoms with E-state index < -0.39 is 0 Å². The Labute approximate surface area is 101 Å². The standard InChI is InChI=1S/C13H19BrO/c1-3-4-9-15-13(10-14)12-8-6-5-7-11(12)2/h5-8,13H,3-4,9-10H2,1-2H3. The number of aryl methyl sites for hydroxylation is 1. The van der Waals surface area contributed by atoms with Gasteiger partial charge in [0.25, 0.3) is 0 Å². The first-order valence-corrected chi connectivity index (χ1v) is 6.64. The highest BCUT2D eigenvalue weighted by Gasteiger charge is 2.11. The zero-order chi connectivity index (χ0) is 11.1. The molecule has 0 fully saturated rings. The van der Waals surface area contributed by atoms with Crippen LogP contribution in [0.15, 0.2) is 24.3 Å². The predicted molar refractivity (Wildman–Crippen MR) is 68.6 cm³/mol. The maximum Gasteiger partial charge on any atom is 0.0924 e. The molecule has 84 valence electrons. The van der Waals surface area contributed by atoms with E-state index in [0.29, 0.717) is 0 Å². The predicted octanol–water partition coefficient (Wildman–Crippen LogP) is 4.25. The van der Waals surface area contributed by atoms with Crippen LogP contribution in [0.1, 0.15) is 37.0 Å². The highest BCUT2D eigenvalue weighted by atomic mass is 79.9. The van der Waals surface area contributed by atoms with Crippen molar-refractivity contribution in [2.24, 2.45) is 0 Å². The van der Waals surface area contributed by atoms with E-state index in [4.69, 9.17) is 4.74 Å². The third kappa shape index (κ3) is 3.96. The molecule has 1 rings (SSSR count). The molecule has 0 N–H and O–H groups in total. The molecule has 1 nitrogen and oxygen atoms in total. The number of halogens is 1. The van der Waals surface area contributed by atoms with Gasteiger partial charge in [0.05, 0.1) is 6.10 Å². The summed E-state index contributed by atoms with van der Waals surface area (Å²) in [6.07, 6.45) is 2.51. The molecule has 1 unspecified atom stereocenters. The summed E-state index contributed by atoms with van der Waals surface area (Å²) in [5.41, 5.74) is 2.60. The average Bonchev–Trinajstić information content (AvgIpc) is 2.26. The van der Waals surface area contributed by atoms with Gasteiger partial charge in [0.1, 0.15) is 0 Å². The Balaban J connectivity index is 2.61. The van der Waals surface area contributed by atoms with E-state index in [2.05, 4.69) is 54.0 Å². The molecule has 0 aliphatic rings. The summed E-state index contributed by atoms with van der Waals surface area (Å²) in [4.78, 5) is 0. The molecule has 0 amide bonds. The maximum absolute atomic E-state index is 5.85. The second kappa shape index (κ2) is 7.02. The summed E-state index contributed by atoms with van der Waals surface area (Å²) in [5, 5.41) is 0.863. The molecule has 0 aliphatic carbocycles. The van der Waals surface area contributed by atoms with Crippen molar-refractivity contribution in [2.75, 3.05) is 11.9 Å². The molecule has 0 aromatic heterocycles. The number of hydrogen-bond donors (Lipinski definition) is 0. The number of hydrogen-bond acceptors (Lipinski definition) is 1. The van der Waals surface area contributed by atoms with Gasteiger partial charge in [-0.1, -0.05) is 53.5 Å². The summed E-state index contributed by atoms with van der Waals surface area (Å²) in [7, 11) is 0. The van der Waals surface area contributed by atoms with Gasteiger partial charge in [0.2, 0.25) is 0 Å². The molecule has 0 radical (unpaired) electrons. The van der Waals surface area contributed by atoms with E-state index in [0.717, 1.165) is 18.4 Å². The van der Waals surface area contributed by atoms with Crippen LogP contribution in [0.25, 0.3) is 0 Å². The monoisotopic (exact) mass is 270 g/mol. The fourth-order valence-electron chi connectivity index (χ4n) is 1.54. The van der Waals surface area contributed by atoms with E-state index in [1.807, 2.05) is 0 Å². The summed E-state index contributed by atoms with van der Waals surface area (Å²) in [6.45, 7) is 5.16. The number of ether oxygens (including phenoxy) is 1. The second-order valence-electron chi connectivity index (χ2n) is 3.72. The topological polar surface area (TPSA) is 9.23 Å². The number of benzene rings is 1. The number of unbranched alkanes of at least 4 members (excludes halogenated alkanes) is 1. The summed E-state index contributed by atoms with van der Waals surface area (Å²) in [5.74, 6) is 0. The van der Waals surface area contributed by atoms with Crippen LogP contribution in [-0.2, 0) is 4.74 Å². The first-order valence-electron chi connectivity index (χ1n) is 5.52. The smallest absolute Gasteiger partial charge is 0.0924 e. The molecule has 0 heterocycles. The normalized spacial score (nSPS) is 12.7. The van der Waals surface area contributed by atoms with Crippen molar-refractivity contribution < 1.29 is 4.74 Å². The van der Waals surface area contributed by atoms with Crippen molar-refractivity contribution in [1.29, 1.82) is 0 Å². The van der Waals surface area contributed by atoms with Gasteiger partial charge in [-0.2, -0.15) is 0 Å². The molecule has 0 saturated heterocycles. The quantitative estimate of drug-likeness (QED) is 0.555. The minimum Gasteiger partial charge on any atom is -0.373 e. The Morgan fingerprint density at radius 3 is 2.67 bits per heavy atom. The highest BCUT2D eigenvalue weighted by molar-refractivity contribution is 9.09. The minimum absolute atomic E-state index is 0.192. The second-order valence-corrected chi connectivity index (χ2v) is 4.37. The van der Waals surface area contributed by atoms with Crippen LogP contribution in [0, 0.1) is 6.92 Å². The van der Waals surface area contributed by atoms with Crippen LogP contribution in [0.2, 0.25) is 0 Å². The highest BCUT2D eigenvalue weighted by Crippen LogP contribution is 2.23. The van der Waals surface area contributed by atoms with Gasteiger partial charge < -0.3 is 4.74 Å². The van der Waals surface area contributed by atoms with Crippen molar-refractivity contribution in [2.45, 2.75) is 32.8 Å². The van der Waals surface area contributed by atoms with Gasteiger partial charge in [-0.15, -0.1) is 0 Å². The van der Waals surface area contributed by atoms with Gasteiger partial charge >= 0.3 is 0 Å². The number of alkyl halides is 1. The van der Waals surface area contributed by atoms with Crippen molar-refractivity contribution in [3.8, 4) is 0 Å². The molecule has 0 bridgehead atoms. The Morgan fingerprint density at radius 2 is 2.07 bits per heavy atom. The first kappa shape index (κ1) is 12.7. The lowest BCUT2D eigenvalue weighted by Crippen LogP contribution is -2.08. The fourth-order valence-corrected chi connectivity index (χ4v) is 2.07. The van der Waals surface area contributed by atoms with E-state index in [1.165, 1.54) is 17.5 Å². The third-order valence-corrected chi connectivity index (χ3v) is 3.08. The van der Waals surface area contributed by atoms with Gasteiger partial charge in [0.15, 0.2) is 0 Å². The summed E-state index contributed by atoms with van der Waals surface area (Å²) in [6, 6.07) is 8.42. The number of rotatable bonds is 6. The SMILES string of the molecule is CCCCOC(CBr)c1ccccc1C. The van der Waals surface area contributed by atoms with Crippen molar-refractivity contribution in [1.82, 2.24) is 0 Å². The summed E-state index contributed by atoms with van der Waals surface area (Å²) >= 11 is 3.51. The van der Waals surface area contributed by atoms with Crippen LogP contribution < -0.4 is 0 Å². The molecular weight excluding hydrogens is 252 g/mol. The Hall–Kier alpha value is -0.340. The summed E-state index contributed by atoms with van der Waals surface area (Å²) < 4.78 is 5.85. The van der Waals surface area contributed by atoms with Crippen LogP contribution >= 0.6 is 15.9 Å². The lowest BCUT2D eigenvalue weighted by atomic mass is 10.0. The largest absolute Gasteiger partial charge is 0.373 e. The van der Waals surface area contributed by atoms with Gasteiger partial charge in [-0.25, -0.2) is 0 Å². The van der Waals surface area contributed by atoms with Gasteiger partial charge in [-0.3, -0.25) is 0 Å². The fraction of sp³-hybridized carbons (Fsp3) is 0.538. The molecule has 0 aliphatic heterocycles. The average molecular weight is 271 g/mol. The van der Waals surface area contributed by atoms with Crippen LogP contribution in [0.4, 0.5) is 0 Å². The molecule has 1 aromatic rings. The van der Waals surface area contributed by atoms with E-state index >= 15 is 0 Å².